The highest BCUT2D eigenvalue weighted by Crippen LogP contribution is 2.31. The van der Waals surface area contributed by atoms with Crippen LogP contribution in [0.25, 0.3) is 0 Å². The van der Waals surface area contributed by atoms with E-state index in [-0.39, 0.29) is 5.69 Å². The Balaban J connectivity index is 1.89. The van der Waals surface area contributed by atoms with E-state index >= 15 is 0 Å². The molecule has 0 aliphatic carbocycles. The van der Waals surface area contributed by atoms with E-state index in [9.17, 15) is 10.1 Å². The predicted molar refractivity (Wildman–Crippen MR) is 80.0 cm³/mol. The molecule has 1 aromatic carbocycles. The fourth-order valence-corrected chi connectivity index (χ4v) is 2.46. The Morgan fingerprint density at radius 1 is 1.33 bits per heavy atom. The zero-order chi connectivity index (χ0) is 15.2. The minimum atomic E-state index is -0.432. The molecule has 0 unspecified atom stereocenters. The van der Waals surface area contributed by atoms with E-state index in [0.29, 0.717) is 18.1 Å². The molecule has 0 aromatic heterocycles. The summed E-state index contributed by atoms with van der Waals surface area (Å²) in [6.45, 7) is 5.81. The van der Waals surface area contributed by atoms with Crippen LogP contribution in [0.5, 0.6) is 11.5 Å². The lowest BCUT2D eigenvalue weighted by molar-refractivity contribution is -0.385. The van der Waals surface area contributed by atoms with Gasteiger partial charge in [-0.25, -0.2) is 0 Å². The summed E-state index contributed by atoms with van der Waals surface area (Å²) in [5.74, 6) is 1.75. The largest absolute Gasteiger partial charge is 0.493 e. The molecule has 0 amide bonds. The lowest BCUT2D eigenvalue weighted by atomic mass is 9.99. The number of non-ortho nitro benzene ring substituents is 1. The van der Waals surface area contributed by atoms with Crippen molar-refractivity contribution < 1.29 is 14.4 Å². The first kappa shape index (κ1) is 15.6. The molecule has 1 aromatic rings. The lowest BCUT2D eigenvalue weighted by Crippen LogP contribution is -2.35. The van der Waals surface area contributed by atoms with Gasteiger partial charge in [0.15, 0.2) is 11.5 Å². The van der Waals surface area contributed by atoms with E-state index in [1.807, 2.05) is 0 Å². The van der Waals surface area contributed by atoms with Crippen LogP contribution < -0.4 is 9.47 Å². The smallest absolute Gasteiger partial charge is 0.273 e. The molecule has 0 radical (unpaired) electrons. The van der Waals surface area contributed by atoms with Crippen LogP contribution in [0.3, 0.4) is 0 Å². The van der Waals surface area contributed by atoms with Gasteiger partial charge in [-0.3, -0.25) is 15.0 Å². The molecular weight excluding hydrogens is 272 g/mol. The molecule has 1 saturated heterocycles. The van der Waals surface area contributed by atoms with Gasteiger partial charge < -0.3 is 9.47 Å². The van der Waals surface area contributed by atoms with E-state index in [2.05, 4.69) is 11.8 Å². The van der Waals surface area contributed by atoms with Crippen LogP contribution in [-0.2, 0) is 0 Å². The van der Waals surface area contributed by atoms with Crippen molar-refractivity contribution >= 4 is 5.69 Å². The number of nitro benzene ring substituents is 1. The van der Waals surface area contributed by atoms with Crippen molar-refractivity contribution in [3.8, 4) is 11.5 Å². The first-order valence-corrected chi connectivity index (χ1v) is 7.27. The van der Waals surface area contributed by atoms with Crippen LogP contribution in [0.4, 0.5) is 5.69 Å². The zero-order valence-corrected chi connectivity index (χ0v) is 12.6. The van der Waals surface area contributed by atoms with Crippen molar-refractivity contribution in [2.24, 2.45) is 5.92 Å². The Kier molecular flexibility index (Phi) is 5.38. The van der Waals surface area contributed by atoms with Crippen LogP contribution in [-0.4, -0.2) is 43.2 Å². The molecule has 0 saturated carbocycles. The number of methoxy groups -OCH3 is 1. The zero-order valence-electron chi connectivity index (χ0n) is 12.6. The van der Waals surface area contributed by atoms with Crippen molar-refractivity contribution in [3.63, 3.8) is 0 Å². The third-order valence-corrected chi connectivity index (χ3v) is 3.90. The standard InChI is InChI=1S/C15H22N2O4/c1-12-5-7-16(8-6-12)9-10-21-15-11-13(17(18)19)3-4-14(15)20-2/h3-4,11-12H,5-10H2,1-2H3. The van der Waals surface area contributed by atoms with E-state index < -0.39 is 4.92 Å². The number of piperidine rings is 1. The van der Waals surface area contributed by atoms with Crippen LogP contribution in [0.1, 0.15) is 19.8 Å². The van der Waals surface area contributed by atoms with E-state index in [0.717, 1.165) is 25.6 Å². The van der Waals surface area contributed by atoms with Gasteiger partial charge in [-0.1, -0.05) is 6.92 Å². The number of hydrogen-bond donors (Lipinski definition) is 0. The van der Waals surface area contributed by atoms with Gasteiger partial charge in [0.2, 0.25) is 0 Å². The molecule has 116 valence electrons. The summed E-state index contributed by atoms with van der Waals surface area (Å²) < 4.78 is 10.9. The highest BCUT2D eigenvalue weighted by Gasteiger charge is 2.16. The van der Waals surface area contributed by atoms with Crippen molar-refractivity contribution in [2.75, 3.05) is 33.4 Å². The van der Waals surface area contributed by atoms with E-state index in [1.54, 1.807) is 6.07 Å². The Hall–Kier alpha value is -1.82. The SMILES string of the molecule is COc1ccc([N+](=O)[O-])cc1OCCN1CCC(C)CC1. The van der Waals surface area contributed by atoms with E-state index in [1.165, 1.54) is 32.1 Å². The molecule has 2 rings (SSSR count). The average Bonchev–Trinajstić information content (AvgIpc) is 2.49. The van der Waals surface area contributed by atoms with Gasteiger partial charge in [0.25, 0.3) is 5.69 Å². The fraction of sp³-hybridized carbons (Fsp3) is 0.600. The monoisotopic (exact) mass is 294 g/mol. The second kappa shape index (κ2) is 7.26. The number of nitro groups is 1. The fourth-order valence-electron chi connectivity index (χ4n) is 2.46. The summed E-state index contributed by atoms with van der Waals surface area (Å²) >= 11 is 0. The number of nitrogens with zero attached hydrogens (tertiary/aromatic N) is 2. The average molecular weight is 294 g/mol. The Morgan fingerprint density at radius 2 is 2.05 bits per heavy atom. The number of ether oxygens (including phenoxy) is 2. The minimum absolute atomic E-state index is 0.0117. The highest BCUT2D eigenvalue weighted by atomic mass is 16.6. The molecular formula is C15H22N2O4. The van der Waals surface area contributed by atoms with Gasteiger partial charge in [0.05, 0.1) is 18.1 Å². The van der Waals surface area contributed by atoms with Gasteiger partial charge in [-0.2, -0.15) is 0 Å². The van der Waals surface area contributed by atoms with Crippen LogP contribution in [0.15, 0.2) is 18.2 Å². The normalized spacial score (nSPS) is 16.7. The summed E-state index contributed by atoms with van der Waals surface area (Å²) in [5.41, 5.74) is 0.0117. The predicted octanol–water partition coefficient (Wildman–Crippen LogP) is 2.71. The Bertz CT molecular complexity index is 485. The van der Waals surface area contributed by atoms with Gasteiger partial charge >= 0.3 is 0 Å². The lowest BCUT2D eigenvalue weighted by Gasteiger charge is -2.29. The van der Waals surface area contributed by atoms with Gasteiger partial charge in [-0.15, -0.1) is 0 Å². The molecule has 21 heavy (non-hydrogen) atoms. The van der Waals surface area contributed by atoms with Crippen molar-refractivity contribution in [1.29, 1.82) is 0 Å². The first-order valence-electron chi connectivity index (χ1n) is 7.27. The molecule has 1 heterocycles. The van der Waals surface area contributed by atoms with Crippen molar-refractivity contribution in [1.82, 2.24) is 4.90 Å². The van der Waals surface area contributed by atoms with Gasteiger partial charge in [-0.05, 0) is 37.9 Å². The van der Waals surface area contributed by atoms with Gasteiger partial charge in [0.1, 0.15) is 6.61 Å². The van der Waals surface area contributed by atoms with Crippen LogP contribution >= 0.6 is 0 Å². The second-order valence-corrected chi connectivity index (χ2v) is 5.46. The van der Waals surface area contributed by atoms with Crippen LogP contribution in [0.2, 0.25) is 0 Å². The van der Waals surface area contributed by atoms with Gasteiger partial charge in [0, 0.05) is 12.6 Å². The molecule has 6 nitrogen and oxygen atoms in total. The van der Waals surface area contributed by atoms with E-state index in [4.69, 9.17) is 9.47 Å². The molecule has 6 heteroatoms. The number of benzene rings is 1. The summed E-state index contributed by atoms with van der Waals surface area (Å²) in [6, 6.07) is 4.39. The molecule has 0 atom stereocenters. The topological polar surface area (TPSA) is 64.8 Å². The third-order valence-electron chi connectivity index (χ3n) is 3.90. The molecule has 0 N–H and O–H groups in total. The maximum Gasteiger partial charge on any atom is 0.273 e. The number of hydrogen-bond acceptors (Lipinski definition) is 5. The summed E-state index contributed by atoms with van der Waals surface area (Å²) in [4.78, 5) is 12.7. The summed E-state index contributed by atoms with van der Waals surface area (Å²) in [6.07, 6.45) is 2.44. The molecule has 1 fully saturated rings. The molecule has 1 aliphatic heterocycles. The summed E-state index contributed by atoms with van der Waals surface area (Å²) in [7, 11) is 1.53. The molecule has 1 aliphatic rings. The second-order valence-electron chi connectivity index (χ2n) is 5.46. The molecule has 0 bridgehead atoms. The molecule has 0 spiro atoms. The number of rotatable bonds is 6. The quantitative estimate of drug-likeness (QED) is 0.596. The first-order chi connectivity index (χ1) is 10.1. The van der Waals surface area contributed by atoms with Crippen molar-refractivity contribution in [2.45, 2.75) is 19.8 Å². The number of likely N-dealkylation sites (tertiary alicyclic amines) is 1. The minimum Gasteiger partial charge on any atom is -0.493 e. The Labute approximate surface area is 124 Å². The van der Waals surface area contributed by atoms with Crippen molar-refractivity contribution in [3.05, 3.63) is 28.3 Å². The Morgan fingerprint density at radius 3 is 2.67 bits per heavy atom. The third kappa shape index (κ3) is 4.32. The van der Waals surface area contributed by atoms with Crippen LogP contribution in [0, 0.1) is 16.0 Å². The maximum absolute atomic E-state index is 10.8. The maximum atomic E-state index is 10.8. The highest BCUT2D eigenvalue weighted by molar-refractivity contribution is 5.48. The summed E-state index contributed by atoms with van der Waals surface area (Å²) in [5, 5.41) is 10.8.